The SMILES string of the molecule is COc1cc2c(C(C(=O)O)C3CCCC3)c(C)n(C(=O)c3ccc(F)cc3)c2cc1Cl. The number of hydrogen-bond donors (Lipinski definition) is 1. The smallest absolute Gasteiger partial charge is 0.311 e. The van der Waals surface area contributed by atoms with Gasteiger partial charge in [-0.05, 0) is 67.6 Å². The maximum Gasteiger partial charge on any atom is 0.311 e. The van der Waals surface area contributed by atoms with Crippen molar-refractivity contribution in [3.05, 3.63) is 64.1 Å². The summed E-state index contributed by atoms with van der Waals surface area (Å²) in [5, 5.41) is 11.1. The molecule has 0 amide bonds. The van der Waals surface area contributed by atoms with Gasteiger partial charge in [-0.1, -0.05) is 24.4 Å². The van der Waals surface area contributed by atoms with E-state index < -0.39 is 17.7 Å². The van der Waals surface area contributed by atoms with Crippen LogP contribution in [0.15, 0.2) is 36.4 Å². The number of halogens is 2. The fourth-order valence-electron chi connectivity index (χ4n) is 4.82. The lowest BCUT2D eigenvalue weighted by Gasteiger charge is -2.20. The summed E-state index contributed by atoms with van der Waals surface area (Å²) >= 11 is 6.36. The minimum Gasteiger partial charge on any atom is -0.495 e. The summed E-state index contributed by atoms with van der Waals surface area (Å²) in [4.78, 5) is 25.8. The molecule has 4 rings (SSSR count). The Kier molecular flexibility index (Phi) is 5.75. The largest absolute Gasteiger partial charge is 0.495 e. The maximum atomic E-state index is 13.4. The second-order valence-electron chi connectivity index (χ2n) is 8.01. The first kappa shape index (κ1) is 21.4. The Hall–Kier alpha value is -2.86. The second-order valence-corrected chi connectivity index (χ2v) is 8.42. The minimum absolute atomic E-state index is 0.00199. The van der Waals surface area contributed by atoms with E-state index in [4.69, 9.17) is 16.3 Å². The Morgan fingerprint density at radius 3 is 2.42 bits per heavy atom. The average molecular weight is 444 g/mol. The number of methoxy groups -OCH3 is 1. The molecule has 31 heavy (non-hydrogen) atoms. The van der Waals surface area contributed by atoms with Crippen LogP contribution < -0.4 is 4.74 Å². The van der Waals surface area contributed by atoms with Crippen LogP contribution in [0.25, 0.3) is 10.9 Å². The second kappa shape index (κ2) is 8.35. The van der Waals surface area contributed by atoms with E-state index in [9.17, 15) is 19.1 Å². The van der Waals surface area contributed by atoms with Crippen molar-refractivity contribution in [3.8, 4) is 5.75 Å². The van der Waals surface area contributed by atoms with Gasteiger partial charge in [0.25, 0.3) is 5.91 Å². The third-order valence-corrected chi connectivity index (χ3v) is 6.56. The van der Waals surface area contributed by atoms with Crippen LogP contribution in [0.2, 0.25) is 5.02 Å². The molecule has 1 aromatic heterocycles. The number of carboxylic acids is 1. The fourth-order valence-corrected chi connectivity index (χ4v) is 5.06. The van der Waals surface area contributed by atoms with Crippen molar-refractivity contribution in [2.45, 2.75) is 38.5 Å². The van der Waals surface area contributed by atoms with E-state index in [1.807, 2.05) is 0 Å². The van der Waals surface area contributed by atoms with Crippen LogP contribution in [0.4, 0.5) is 4.39 Å². The standard InChI is InChI=1S/C24H23ClFNO4/c1-13-21(22(24(29)30)14-5-3-4-6-14)17-11-20(31-2)18(25)12-19(17)27(13)23(28)15-7-9-16(26)10-8-15/h7-12,14,22H,3-6H2,1-2H3,(H,29,30). The maximum absolute atomic E-state index is 13.4. The topological polar surface area (TPSA) is 68.5 Å². The molecule has 162 valence electrons. The molecule has 1 aliphatic carbocycles. The van der Waals surface area contributed by atoms with Crippen LogP contribution in [0.3, 0.4) is 0 Å². The highest BCUT2D eigenvalue weighted by Gasteiger charge is 2.37. The summed E-state index contributed by atoms with van der Waals surface area (Å²) in [6.07, 6.45) is 3.66. The van der Waals surface area contributed by atoms with Crippen molar-refractivity contribution < 1.29 is 23.8 Å². The van der Waals surface area contributed by atoms with Crippen LogP contribution in [0.1, 0.15) is 53.2 Å². The van der Waals surface area contributed by atoms with Crippen LogP contribution >= 0.6 is 11.6 Å². The first-order chi connectivity index (χ1) is 14.8. The number of carbonyl (C=O) groups is 2. The van der Waals surface area contributed by atoms with Gasteiger partial charge in [0.15, 0.2) is 0 Å². The Balaban J connectivity index is 1.99. The molecule has 0 radical (unpaired) electrons. The predicted molar refractivity (Wildman–Crippen MR) is 117 cm³/mol. The quantitative estimate of drug-likeness (QED) is 0.541. The molecule has 0 aliphatic heterocycles. The molecule has 2 aromatic carbocycles. The van der Waals surface area contributed by atoms with Crippen molar-refractivity contribution in [1.82, 2.24) is 4.57 Å². The van der Waals surface area contributed by atoms with E-state index in [2.05, 4.69) is 0 Å². The van der Waals surface area contributed by atoms with Gasteiger partial charge in [-0.25, -0.2) is 4.39 Å². The molecule has 0 bridgehead atoms. The van der Waals surface area contributed by atoms with Crippen molar-refractivity contribution in [1.29, 1.82) is 0 Å². The summed E-state index contributed by atoms with van der Waals surface area (Å²) in [5.74, 6) is -2.04. The normalized spacial score (nSPS) is 15.4. The highest BCUT2D eigenvalue weighted by atomic mass is 35.5. The zero-order chi connectivity index (χ0) is 22.3. The van der Waals surface area contributed by atoms with Crippen molar-refractivity contribution >= 4 is 34.4 Å². The van der Waals surface area contributed by atoms with Crippen LogP contribution in [-0.4, -0.2) is 28.7 Å². The molecule has 0 saturated heterocycles. The molecule has 3 aromatic rings. The Morgan fingerprint density at radius 1 is 1.19 bits per heavy atom. The zero-order valence-electron chi connectivity index (χ0n) is 17.3. The van der Waals surface area contributed by atoms with Crippen LogP contribution in [0.5, 0.6) is 5.75 Å². The van der Waals surface area contributed by atoms with E-state index >= 15 is 0 Å². The molecular formula is C24H23ClFNO4. The monoisotopic (exact) mass is 443 g/mol. The Bertz CT molecular complexity index is 1160. The number of aromatic nitrogens is 1. The van der Waals surface area contributed by atoms with Crippen LogP contribution in [0, 0.1) is 18.7 Å². The number of ether oxygens (including phenoxy) is 1. The highest BCUT2D eigenvalue weighted by Crippen LogP contribution is 2.44. The van der Waals surface area contributed by atoms with Gasteiger partial charge in [-0.2, -0.15) is 0 Å². The first-order valence-electron chi connectivity index (χ1n) is 10.2. The van der Waals surface area contributed by atoms with Gasteiger partial charge in [0.2, 0.25) is 0 Å². The summed E-state index contributed by atoms with van der Waals surface area (Å²) in [7, 11) is 1.49. The van der Waals surface area contributed by atoms with Gasteiger partial charge < -0.3 is 9.84 Å². The molecule has 1 saturated carbocycles. The van der Waals surface area contributed by atoms with E-state index in [1.165, 1.54) is 35.9 Å². The molecule has 1 heterocycles. The fraction of sp³-hybridized carbons (Fsp3) is 0.333. The Morgan fingerprint density at radius 2 is 1.84 bits per heavy atom. The minimum atomic E-state index is -0.905. The molecule has 5 nitrogen and oxygen atoms in total. The van der Waals surface area contributed by atoms with Crippen molar-refractivity contribution in [2.24, 2.45) is 5.92 Å². The molecule has 1 atom stereocenters. The van der Waals surface area contributed by atoms with Gasteiger partial charge in [-0.15, -0.1) is 0 Å². The zero-order valence-corrected chi connectivity index (χ0v) is 18.1. The summed E-state index contributed by atoms with van der Waals surface area (Å²) in [5.41, 5.74) is 1.97. The molecule has 0 spiro atoms. The molecule has 1 aliphatic rings. The van der Waals surface area contributed by atoms with Gasteiger partial charge in [-0.3, -0.25) is 14.2 Å². The lowest BCUT2D eigenvalue weighted by atomic mass is 9.83. The van der Waals surface area contributed by atoms with Crippen LogP contribution in [-0.2, 0) is 4.79 Å². The molecule has 1 N–H and O–H groups in total. The summed E-state index contributed by atoms with van der Waals surface area (Å²) < 4.78 is 20.2. The van der Waals surface area contributed by atoms with Gasteiger partial charge in [0.05, 0.1) is 23.6 Å². The number of aliphatic carboxylic acids is 1. The molecule has 1 fully saturated rings. The van der Waals surface area contributed by atoms with E-state index in [0.29, 0.717) is 38.5 Å². The molecular weight excluding hydrogens is 421 g/mol. The third kappa shape index (κ3) is 3.69. The first-order valence-corrected chi connectivity index (χ1v) is 10.6. The number of benzene rings is 2. The van der Waals surface area contributed by atoms with Gasteiger partial charge in [0, 0.05) is 16.6 Å². The van der Waals surface area contributed by atoms with Gasteiger partial charge >= 0.3 is 5.97 Å². The number of fused-ring (bicyclic) bond motifs is 1. The van der Waals surface area contributed by atoms with E-state index in [-0.39, 0.29) is 11.8 Å². The van der Waals surface area contributed by atoms with E-state index in [1.54, 1.807) is 19.1 Å². The summed E-state index contributed by atoms with van der Waals surface area (Å²) in [6, 6.07) is 8.62. The lowest BCUT2D eigenvalue weighted by Crippen LogP contribution is -2.21. The number of nitrogens with zero attached hydrogens (tertiary/aromatic N) is 1. The molecule has 7 heteroatoms. The number of carbonyl (C=O) groups excluding carboxylic acids is 1. The third-order valence-electron chi connectivity index (χ3n) is 6.27. The van der Waals surface area contributed by atoms with Crippen molar-refractivity contribution in [2.75, 3.05) is 7.11 Å². The van der Waals surface area contributed by atoms with Crippen molar-refractivity contribution in [3.63, 3.8) is 0 Å². The highest BCUT2D eigenvalue weighted by molar-refractivity contribution is 6.33. The number of carboxylic acid groups (broad SMARTS) is 1. The Labute approximate surface area is 184 Å². The average Bonchev–Trinajstić information content (AvgIpc) is 3.35. The number of rotatable bonds is 5. The number of hydrogen-bond acceptors (Lipinski definition) is 3. The van der Waals surface area contributed by atoms with Gasteiger partial charge in [0.1, 0.15) is 11.6 Å². The lowest BCUT2D eigenvalue weighted by molar-refractivity contribution is -0.140. The summed E-state index contributed by atoms with van der Waals surface area (Å²) in [6.45, 7) is 1.75. The predicted octanol–water partition coefficient (Wildman–Crippen LogP) is 5.80. The van der Waals surface area contributed by atoms with E-state index in [0.717, 1.165) is 25.7 Å². The molecule has 1 unspecified atom stereocenters.